The van der Waals surface area contributed by atoms with Crippen LogP contribution in [0, 0.1) is 6.92 Å². The average molecular weight is 427 g/mol. The van der Waals surface area contributed by atoms with Crippen LogP contribution in [0.15, 0.2) is 29.4 Å². The van der Waals surface area contributed by atoms with Crippen LogP contribution >= 0.6 is 0 Å². The molecule has 0 radical (unpaired) electrons. The van der Waals surface area contributed by atoms with Gasteiger partial charge in [-0.05, 0) is 63.3 Å². The second kappa shape index (κ2) is 11.2. The van der Waals surface area contributed by atoms with Crippen LogP contribution in [-0.2, 0) is 11.2 Å². The first kappa shape index (κ1) is 23.1. The topological polar surface area (TPSA) is 75.8 Å². The van der Waals surface area contributed by atoms with Crippen molar-refractivity contribution in [2.24, 2.45) is 4.99 Å². The fourth-order valence-electron chi connectivity index (χ4n) is 4.30. The third-order valence-electron chi connectivity index (χ3n) is 5.92. The van der Waals surface area contributed by atoms with Crippen molar-refractivity contribution in [3.05, 3.63) is 35.5 Å². The van der Waals surface area contributed by atoms with E-state index in [0.717, 1.165) is 64.4 Å². The summed E-state index contributed by atoms with van der Waals surface area (Å²) in [5.41, 5.74) is 3.79. The van der Waals surface area contributed by atoms with Crippen LogP contribution in [0.2, 0.25) is 0 Å². The highest BCUT2D eigenvalue weighted by atomic mass is 16.2. The van der Waals surface area contributed by atoms with E-state index in [9.17, 15) is 4.79 Å². The Kier molecular flexibility index (Phi) is 8.35. The summed E-state index contributed by atoms with van der Waals surface area (Å²) in [6.45, 7) is 8.55. The Balaban J connectivity index is 1.46. The molecule has 2 aromatic rings. The van der Waals surface area contributed by atoms with Gasteiger partial charge in [0.1, 0.15) is 0 Å². The number of nitrogens with one attached hydrogen (secondary N) is 3. The van der Waals surface area contributed by atoms with E-state index in [4.69, 9.17) is 4.99 Å². The second-order valence-electron chi connectivity index (χ2n) is 8.58. The predicted molar refractivity (Wildman–Crippen MR) is 129 cm³/mol. The van der Waals surface area contributed by atoms with Crippen LogP contribution in [0.25, 0.3) is 10.9 Å². The van der Waals surface area contributed by atoms with E-state index in [2.05, 4.69) is 58.8 Å². The van der Waals surface area contributed by atoms with Gasteiger partial charge in [0.05, 0.1) is 6.04 Å². The van der Waals surface area contributed by atoms with E-state index >= 15 is 0 Å². The maximum atomic E-state index is 12.3. The Bertz CT molecular complexity index is 887. The van der Waals surface area contributed by atoms with Crippen molar-refractivity contribution in [1.29, 1.82) is 0 Å². The van der Waals surface area contributed by atoms with Crippen molar-refractivity contribution in [2.45, 2.75) is 45.6 Å². The highest BCUT2D eigenvalue weighted by molar-refractivity contribution is 5.84. The zero-order chi connectivity index (χ0) is 22.2. The van der Waals surface area contributed by atoms with Gasteiger partial charge in [0.25, 0.3) is 0 Å². The molecular formula is C24H38N6O. The molecule has 0 bridgehead atoms. The minimum atomic E-state index is 0.0466. The summed E-state index contributed by atoms with van der Waals surface area (Å²) in [6, 6.07) is 6.60. The number of aromatic amines is 1. The molecule has 1 atom stereocenters. The third kappa shape index (κ3) is 6.23. The SMILES string of the molecule is CCNC(=NCCCN1CCCC1C(=O)N(C)C)NCCc1c[nH]c2cc(C)ccc12. The van der Waals surface area contributed by atoms with Crippen molar-refractivity contribution in [1.82, 2.24) is 25.4 Å². The number of aryl methyl sites for hydroxylation is 1. The first-order valence-corrected chi connectivity index (χ1v) is 11.5. The average Bonchev–Trinajstić information content (AvgIpc) is 3.37. The lowest BCUT2D eigenvalue weighted by Gasteiger charge is -2.25. The summed E-state index contributed by atoms with van der Waals surface area (Å²) in [7, 11) is 3.68. The predicted octanol–water partition coefficient (Wildman–Crippen LogP) is 2.52. The molecule has 0 spiro atoms. The zero-order valence-electron chi connectivity index (χ0n) is 19.5. The number of hydrogen-bond donors (Lipinski definition) is 3. The van der Waals surface area contributed by atoms with Crippen molar-refractivity contribution in [2.75, 3.05) is 46.8 Å². The number of H-pyrrole nitrogens is 1. The molecule has 31 heavy (non-hydrogen) atoms. The van der Waals surface area contributed by atoms with Gasteiger partial charge >= 0.3 is 0 Å². The lowest BCUT2D eigenvalue weighted by atomic mass is 10.1. The molecule has 7 heteroatoms. The summed E-state index contributed by atoms with van der Waals surface area (Å²) in [5.74, 6) is 1.09. The van der Waals surface area contributed by atoms with E-state index in [1.165, 1.54) is 22.0 Å². The molecule has 7 nitrogen and oxygen atoms in total. The van der Waals surface area contributed by atoms with E-state index in [1.807, 2.05) is 14.1 Å². The standard InChI is InChI=1S/C24H38N6O/c1-5-25-24(26-12-7-15-30-14-6-8-22(30)23(31)29(3)4)27-13-11-19-17-28-21-16-18(2)9-10-20(19)21/h9-10,16-17,22,28H,5-8,11-15H2,1-4H3,(H2,25,26,27). The zero-order valence-corrected chi connectivity index (χ0v) is 19.5. The monoisotopic (exact) mass is 426 g/mol. The van der Waals surface area contributed by atoms with E-state index in [0.29, 0.717) is 0 Å². The number of aliphatic imine (C=N–C) groups is 1. The van der Waals surface area contributed by atoms with Crippen LogP contribution in [0.3, 0.4) is 0 Å². The number of likely N-dealkylation sites (tertiary alicyclic amines) is 1. The number of nitrogens with zero attached hydrogens (tertiary/aromatic N) is 3. The fraction of sp³-hybridized carbons (Fsp3) is 0.583. The first-order chi connectivity index (χ1) is 15.0. The molecule has 1 aromatic carbocycles. The van der Waals surface area contributed by atoms with Gasteiger partial charge in [-0.1, -0.05) is 12.1 Å². The van der Waals surface area contributed by atoms with Gasteiger partial charge in [0.15, 0.2) is 5.96 Å². The number of carbonyl (C=O) groups is 1. The minimum absolute atomic E-state index is 0.0466. The fourth-order valence-corrected chi connectivity index (χ4v) is 4.30. The Morgan fingerprint density at radius 1 is 1.32 bits per heavy atom. The van der Waals surface area contributed by atoms with E-state index in [-0.39, 0.29) is 11.9 Å². The molecular weight excluding hydrogens is 388 g/mol. The molecule has 3 rings (SSSR count). The van der Waals surface area contributed by atoms with Crippen LogP contribution in [0.4, 0.5) is 0 Å². The summed E-state index contributed by atoms with van der Waals surface area (Å²) < 4.78 is 0. The number of likely N-dealkylation sites (N-methyl/N-ethyl adjacent to an activating group) is 1. The molecule has 1 amide bonds. The van der Waals surface area contributed by atoms with Crippen molar-refractivity contribution < 1.29 is 4.79 Å². The number of guanidine groups is 1. The molecule has 1 saturated heterocycles. The van der Waals surface area contributed by atoms with Crippen molar-refractivity contribution in [3.63, 3.8) is 0 Å². The molecule has 1 fully saturated rings. The Hall–Kier alpha value is -2.54. The first-order valence-electron chi connectivity index (χ1n) is 11.5. The highest BCUT2D eigenvalue weighted by Gasteiger charge is 2.30. The quantitative estimate of drug-likeness (QED) is 0.327. The lowest BCUT2D eigenvalue weighted by Crippen LogP contribution is -2.43. The molecule has 1 aliphatic heterocycles. The molecule has 0 aliphatic carbocycles. The van der Waals surface area contributed by atoms with Crippen LogP contribution in [0.5, 0.6) is 0 Å². The lowest BCUT2D eigenvalue weighted by molar-refractivity contribution is -0.133. The summed E-state index contributed by atoms with van der Waals surface area (Å²) >= 11 is 0. The normalized spacial score (nSPS) is 17.3. The van der Waals surface area contributed by atoms with Crippen LogP contribution in [0.1, 0.15) is 37.3 Å². The molecule has 170 valence electrons. The van der Waals surface area contributed by atoms with Gasteiger partial charge in [-0.15, -0.1) is 0 Å². The highest BCUT2D eigenvalue weighted by Crippen LogP contribution is 2.20. The smallest absolute Gasteiger partial charge is 0.239 e. The molecule has 2 heterocycles. The largest absolute Gasteiger partial charge is 0.361 e. The number of fused-ring (bicyclic) bond motifs is 1. The van der Waals surface area contributed by atoms with Gasteiger partial charge in [-0.2, -0.15) is 0 Å². The van der Waals surface area contributed by atoms with Gasteiger partial charge in [-0.25, -0.2) is 0 Å². The Labute approximate surface area is 186 Å². The van der Waals surface area contributed by atoms with Gasteiger partial charge in [0.2, 0.25) is 5.91 Å². The summed E-state index contributed by atoms with van der Waals surface area (Å²) in [6.07, 6.45) is 6.07. The van der Waals surface area contributed by atoms with E-state index < -0.39 is 0 Å². The van der Waals surface area contributed by atoms with Crippen LogP contribution < -0.4 is 10.6 Å². The maximum absolute atomic E-state index is 12.3. The Morgan fingerprint density at radius 2 is 2.16 bits per heavy atom. The Morgan fingerprint density at radius 3 is 2.94 bits per heavy atom. The summed E-state index contributed by atoms with van der Waals surface area (Å²) in [4.78, 5) is 24.5. The number of rotatable bonds is 9. The van der Waals surface area contributed by atoms with Gasteiger partial charge in [0, 0.05) is 57.4 Å². The van der Waals surface area contributed by atoms with Gasteiger partial charge in [-0.3, -0.25) is 14.7 Å². The number of hydrogen-bond acceptors (Lipinski definition) is 3. The number of benzene rings is 1. The third-order valence-corrected chi connectivity index (χ3v) is 5.92. The number of aromatic nitrogens is 1. The van der Waals surface area contributed by atoms with E-state index in [1.54, 1.807) is 4.90 Å². The minimum Gasteiger partial charge on any atom is -0.361 e. The maximum Gasteiger partial charge on any atom is 0.239 e. The molecule has 1 aliphatic rings. The van der Waals surface area contributed by atoms with Crippen LogP contribution in [-0.4, -0.2) is 79.5 Å². The molecule has 3 N–H and O–H groups in total. The second-order valence-corrected chi connectivity index (χ2v) is 8.58. The summed E-state index contributed by atoms with van der Waals surface area (Å²) in [5, 5.41) is 8.08. The molecule has 1 aromatic heterocycles. The molecule has 1 unspecified atom stereocenters. The van der Waals surface area contributed by atoms with Crippen molar-refractivity contribution in [3.8, 4) is 0 Å². The van der Waals surface area contributed by atoms with Gasteiger partial charge < -0.3 is 20.5 Å². The molecule has 0 saturated carbocycles. The number of carbonyl (C=O) groups excluding carboxylic acids is 1. The number of amides is 1. The van der Waals surface area contributed by atoms with Crippen molar-refractivity contribution >= 4 is 22.8 Å².